The number of hydrogen-bond acceptors (Lipinski definition) is 6. The van der Waals surface area contributed by atoms with Gasteiger partial charge in [-0.25, -0.2) is 4.98 Å². The molecule has 5 aromatic rings. The Kier molecular flexibility index (Phi) is 8.78. The normalized spacial score (nSPS) is 12.7. The van der Waals surface area contributed by atoms with Crippen LogP contribution in [0.2, 0.25) is 5.02 Å². The summed E-state index contributed by atoms with van der Waals surface area (Å²) in [4.78, 5) is 7.43. The van der Waals surface area contributed by atoms with Gasteiger partial charge in [0.1, 0.15) is 11.4 Å². The highest BCUT2D eigenvalue weighted by Crippen LogP contribution is 2.40. The maximum absolute atomic E-state index is 6.44. The molecule has 0 saturated heterocycles. The topological polar surface area (TPSA) is 62.1 Å². The molecule has 0 saturated carbocycles. The number of fused-ring (bicyclic) bond motifs is 3. The molecule has 7 heteroatoms. The molecule has 1 unspecified atom stereocenters. The van der Waals surface area contributed by atoms with Gasteiger partial charge in [-0.15, -0.1) is 10.2 Å². The summed E-state index contributed by atoms with van der Waals surface area (Å²) in [5.41, 5.74) is 4.13. The number of nitrogens with zero attached hydrogens (tertiary/aromatic N) is 4. The van der Waals surface area contributed by atoms with E-state index in [2.05, 4.69) is 59.4 Å². The average molecular weight is 554 g/mol. The summed E-state index contributed by atoms with van der Waals surface area (Å²) in [6.07, 6.45) is 2.18. The zero-order valence-corrected chi connectivity index (χ0v) is 24.4. The Labute approximate surface area is 241 Å². The lowest BCUT2D eigenvalue weighted by Gasteiger charge is -2.22. The van der Waals surface area contributed by atoms with Gasteiger partial charge in [-0.3, -0.25) is 0 Å². The van der Waals surface area contributed by atoms with E-state index in [0.29, 0.717) is 16.5 Å². The average Bonchev–Trinajstić information content (AvgIpc) is 2.98. The molecule has 4 aromatic carbocycles. The molecule has 206 valence electrons. The minimum atomic E-state index is 0.264. The molecule has 40 heavy (non-hydrogen) atoms. The lowest BCUT2D eigenvalue weighted by atomic mass is 10.0. The lowest BCUT2D eigenvalue weighted by molar-refractivity contribution is 0.295. The number of aromatic nitrogens is 1. The zero-order valence-electron chi connectivity index (χ0n) is 23.6. The number of methoxy groups -OCH3 is 1. The maximum atomic E-state index is 6.44. The van der Waals surface area contributed by atoms with Crippen molar-refractivity contribution in [2.24, 2.45) is 10.2 Å². The Morgan fingerprint density at radius 3 is 2.42 bits per heavy atom. The van der Waals surface area contributed by atoms with Crippen LogP contribution in [0.3, 0.4) is 0 Å². The second-order valence-electron chi connectivity index (χ2n) is 10.1. The van der Waals surface area contributed by atoms with E-state index in [1.165, 1.54) is 0 Å². The quantitative estimate of drug-likeness (QED) is 0.131. The molecule has 0 bridgehead atoms. The Hall–Kier alpha value is -3.74. The molecule has 1 atom stereocenters. The van der Waals surface area contributed by atoms with Gasteiger partial charge in [0.15, 0.2) is 0 Å². The number of benzene rings is 4. The highest BCUT2D eigenvalue weighted by atomic mass is 35.5. The number of azo groups is 1. The Morgan fingerprint density at radius 2 is 1.62 bits per heavy atom. The third kappa shape index (κ3) is 6.03. The first-order valence-electron chi connectivity index (χ1n) is 14.0. The molecule has 1 aromatic heterocycles. The first kappa shape index (κ1) is 27.8. The molecule has 1 heterocycles. The molecule has 0 amide bonds. The van der Waals surface area contributed by atoms with Crippen molar-refractivity contribution in [3.05, 3.63) is 77.8 Å². The third-order valence-electron chi connectivity index (χ3n) is 7.46. The van der Waals surface area contributed by atoms with Gasteiger partial charge in [0.25, 0.3) is 0 Å². The van der Waals surface area contributed by atoms with Crippen molar-refractivity contribution in [2.45, 2.75) is 39.7 Å². The highest BCUT2D eigenvalue weighted by molar-refractivity contribution is 6.31. The van der Waals surface area contributed by atoms with Crippen molar-refractivity contribution >= 4 is 61.2 Å². The number of rotatable bonds is 11. The fourth-order valence-corrected chi connectivity index (χ4v) is 5.38. The Bertz CT molecular complexity index is 1660. The smallest absolute Gasteiger partial charge is 0.147 e. The standard InChI is InChI=1S/C33H36ClN5O/c1-5-39(6-2)18-10-11-22(3)35-33-26-19-24(34)16-17-28(26)36-30-21-31(32(40-4)20-27(30)33)38-37-29-15-9-13-23-12-7-8-14-25(23)29/h7-9,12-17,19-22H,5-6,10-11,18H2,1-4H3,(H,35,36). The van der Waals surface area contributed by atoms with Crippen molar-refractivity contribution in [2.75, 3.05) is 32.1 Å². The van der Waals surface area contributed by atoms with Crippen molar-refractivity contribution < 1.29 is 4.74 Å². The van der Waals surface area contributed by atoms with E-state index in [9.17, 15) is 0 Å². The molecule has 0 aliphatic heterocycles. The van der Waals surface area contributed by atoms with Crippen molar-refractivity contribution in [3.8, 4) is 5.75 Å². The van der Waals surface area contributed by atoms with E-state index in [4.69, 9.17) is 21.3 Å². The first-order chi connectivity index (χ1) is 19.5. The van der Waals surface area contributed by atoms with E-state index in [0.717, 1.165) is 76.4 Å². The van der Waals surface area contributed by atoms with Crippen LogP contribution in [0.4, 0.5) is 17.1 Å². The number of pyridine rings is 1. The number of nitrogens with one attached hydrogen (secondary N) is 1. The molecule has 0 spiro atoms. The van der Waals surface area contributed by atoms with Gasteiger partial charge >= 0.3 is 0 Å². The van der Waals surface area contributed by atoms with Crippen LogP contribution in [0.5, 0.6) is 5.75 Å². The van der Waals surface area contributed by atoms with Crippen LogP contribution in [0.15, 0.2) is 83.0 Å². The summed E-state index contributed by atoms with van der Waals surface area (Å²) < 4.78 is 5.80. The van der Waals surface area contributed by atoms with Crippen LogP contribution in [-0.4, -0.2) is 42.7 Å². The third-order valence-corrected chi connectivity index (χ3v) is 7.70. The molecule has 0 aliphatic carbocycles. The summed E-state index contributed by atoms with van der Waals surface area (Å²) in [7, 11) is 1.66. The largest absolute Gasteiger partial charge is 0.494 e. The van der Waals surface area contributed by atoms with Gasteiger partial charge in [0.2, 0.25) is 0 Å². The number of anilines is 1. The highest BCUT2D eigenvalue weighted by Gasteiger charge is 2.16. The van der Waals surface area contributed by atoms with Gasteiger partial charge in [-0.05, 0) is 81.2 Å². The number of ether oxygens (including phenoxy) is 1. The predicted molar refractivity (Wildman–Crippen MR) is 169 cm³/mol. The van der Waals surface area contributed by atoms with Gasteiger partial charge in [0.05, 0.1) is 29.5 Å². The minimum absolute atomic E-state index is 0.264. The van der Waals surface area contributed by atoms with Gasteiger partial charge in [-0.2, -0.15) is 0 Å². The Balaban J connectivity index is 1.53. The molecular formula is C33H36ClN5O. The van der Waals surface area contributed by atoms with E-state index in [1.807, 2.05) is 54.6 Å². The molecule has 1 N–H and O–H groups in total. The molecule has 0 fully saturated rings. The monoisotopic (exact) mass is 553 g/mol. The summed E-state index contributed by atoms with van der Waals surface area (Å²) in [5.74, 6) is 0.636. The molecule has 6 nitrogen and oxygen atoms in total. The van der Waals surface area contributed by atoms with Crippen LogP contribution < -0.4 is 10.1 Å². The summed E-state index contributed by atoms with van der Waals surface area (Å²) in [6, 6.07) is 24.3. The number of halogens is 1. The summed E-state index contributed by atoms with van der Waals surface area (Å²) in [6.45, 7) is 9.92. The second-order valence-corrected chi connectivity index (χ2v) is 10.5. The second kappa shape index (κ2) is 12.6. The molecule has 5 rings (SSSR count). The zero-order chi connectivity index (χ0) is 28.1. The predicted octanol–water partition coefficient (Wildman–Crippen LogP) is 9.54. The van der Waals surface area contributed by atoms with E-state index < -0.39 is 0 Å². The molecule has 0 radical (unpaired) electrons. The lowest BCUT2D eigenvalue weighted by Crippen LogP contribution is -2.25. The molecule has 0 aliphatic rings. The molecular weight excluding hydrogens is 518 g/mol. The van der Waals surface area contributed by atoms with E-state index in [-0.39, 0.29) is 6.04 Å². The fraction of sp³-hybridized carbons (Fsp3) is 0.303. The van der Waals surface area contributed by atoms with Crippen LogP contribution in [0, 0.1) is 0 Å². The maximum Gasteiger partial charge on any atom is 0.147 e. The van der Waals surface area contributed by atoms with Crippen LogP contribution in [0.1, 0.15) is 33.6 Å². The van der Waals surface area contributed by atoms with Crippen molar-refractivity contribution in [3.63, 3.8) is 0 Å². The van der Waals surface area contributed by atoms with E-state index in [1.54, 1.807) is 7.11 Å². The van der Waals surface area contributed by atoms with E-state index >= 15 is 0 Å². The van der Waals surface area contributed by atoms with Gasteiger partial charge in [0, 0.05) is 27.2 Å². The van der Waals surface area contributed by atoms with Crippen molar-refractivity contribution in [1.82, 2.24) is 9.88 Å². The number of hydrogen-bond donors (Lipinski definition) is 1. The first-order valence-corrected chi connectivity index (χ1v) is 14.4. The van der Waals surface area contributed by atoms with Crippen LogP contribution >= 0.6 is 11.6 Å². The van der Waals surface area contributed by atoms with Crippen molar-refractivity contribution in [1.29, 1.82) is 0 Å². The van der Waals surface area contributed by atoms with Gasteiger partial charge in [-0.1, -0.05) is 61.8 Å². The fourth-order valence-electron chi connectivity index (χ4n) is 5.21. The van der Waals surface area contributed by atoms with Gasteiger partial charge < -0.3 is 15.0 Å². The minimum Gasteiger partial charge on any atom is -0.494 e. The summed E-state index contributed by atoms with van der Waals surface area (Å²) >= 11 is 6.44. The summed E-state index contributed by atoms with van der Waals surface area (Å²) in [5, 5.41) is 17.8. The van der Waals surface area contributed by atoms with Crippen LogP contribution in [0.25, 0.3) is 32.6 Å². The van der Waals surface area contributed by atoms with Crippen LogP contribution in [-0.2, 0) is 0 Å². The SMILES string of the molecule is CCN(CC)CCCC(C)Nc1c2cc(Cl)ccc2nc2cc(N=Nc3cccc4ccccc34)c(OC)cc12. The Morgan fingerprint density at radius 1 is 0.875 bits per heavy atom.